The van der Waals surface area contributed by atoms with E-state index in [0.717, 1.165) is 25.3 Å². The quantitative estimate of drug-likeness (QED) is 0.733. The fourth-order valence-electron chi connectivity index (χ4n) is 1.99. The predicted molar refractivity (Wildman–Crippen MR) is 85.4 cm³/mol. The Kier molecular flexibility index (Phi) is 6.25. The van der Waals surface area contributed by atoms with Crippen LogP contribution in [0, 0.1) is 6.92 Å². The summed E-state index contributed by atoms with van der Waals surface area (Å²) < 4.78 is 5.78. The van der Waals surface area contributed by atoms with Crippen LogP contribution in [0.3, 0.4) is 0 Å². The van der Waals surface area contributed by atoms with E-state index in [1.807, 2.05) is 12.1 Å². The molecule has 3 nitrogen and oxygen atoms in total. The molecule has 0 spiro atoms. The van der Waals surface area contributed by atoms with Gasteiger partial charge in [0.1, 0.15) is 12.4 Å². The van der Waals surface area contributed by atoms with E-state index in [2.05, 4.69) is 48.6 Å². The lowest BCUT2D eigenvalue weighted by atomic mass is 10.2. The highest BCUT2D eigenvalue weighted by Crippen LogP contribution is 2.14. The summed E-state index contributed by atoms with van der Waals surface area (Å²) in [5.41, 5.74) is 3.66. The van der Waals surface area contributed by atoms with Crippen LogP contribution in [0.2, 0.25) is 0 Å². The maximum atomic E-state index is 8.71. The van der Waals surface area contributed by atoms with E-state index in [1.54, 1.807) is 0 Å². The lowest BCUT2D eigenvalue weighted by Gasteiger charge is -2.08. The first kappa shape index (κ1) is 15.5. The van der Waals surface area contributed by atoms with E-state index in [-0.39, 0.29) is 6.61 Å². The summed E-state index contributed by atoms with van der Waals surface area (Å²) >= 11 is 0. The monoisotopic (exact) mass is 285 g/mol. The van der Waals surface area contributed by atoms with Crippen LogP contribution >= 0.6 is 0 Å². The van der Waals surface area contributed by atoms with Crippen LogP contribution < -0.4 is 10.1 Å². The molecule has 21 heavy (non-hydrogen) atoms. The first-order valence-corrected chi connectivity index (χ1v) is 7.37. The Morgan fingerprint density at radius 2 is 1.62 bits per heavy atom. The summed E-state index contributed by atoms with van der Waals surface area (Å²) in [4.78, 5) is 0. The molecule has 0 aromatic heterocycles. The third-order valence-electron chi connectivity index (χ3n) is 3.29. The molecule has 0 radical (unpaired) electrons. The van der Waals surface area contributed by atoms with E-state index in [4.69, 9.17) is 9.84 Å². The molecule has 0 amide bonds. The van der Waals surface area contributed by atoms with Crippen molar-refractivity contribution >= 4 is 0 Å². The van der Waals surface area contributed by atoms with Gasteiger partial charge in [0.25, 0.3) is 0 Å². The van der Waals surface area contributed by atoms with E-state index in [0.29, 0.717) is 6.61 Å². The highest BCUT2D eigenvalue weighted by molar-refractivity contribution is 5.28. The average molecular weight is 285 g/mol. The van der Waals surface area contributed by atoms with Gasteiger partial charge < -0.3 is 15.2 Å². The molecular weight excluding hydrogens is 262 g/mol. The molecule has 2 aromatic rings. The first-order valence-electron chi connectivity index (χ1n) is 7.37. The first-order chi connectivity index (χ1) is 10.3. The van der Waals surface area contributed by atoms with Crippen LogP contribution in [-0.2, 0) is 13.2 Å². The Labute approximate surface area is 126 Å². The van der Waals surface area contributed by atoms with Gasteiger partial charge in [-0.15, -0.1) is 0 Å². The smallest absolute Gasteiger partial charge is 0.119 e. The van der Waals surface area contributed by atoms with Gasteiger partial charge in [0, 0.05) is 13.2 Å². The summed E-state index contributed by atoms with van der Waals surface area (Å²) in [5, 5.41) is 12.0. The molecule has 0 aliphatic heterocycles. The number of nitrogens with one attached hydrogen (secondary N) is 1. The minimum atomic E-state index is 0.235. The van der Waals surface area contributed by atoms with Crippen molar-refractivity contribution in [2.45, 2.75) is 26.5 Å². The van der Waals surface area contributed by atoms with Gasteiger partial charge in [-0.05, 0) is 43.1 Å². The highest BCUT2D eigenvalue weighted by Gasteiger charge is 1.97. The molecule has 2 rings (SSSR count). The average Bonchev–Trinajstić information content (AvgIpc) is 2.52. The van der Waals surface area contributed by atoms with Crippen LogP contribution in [0.4, 0.5) is 0 Å². The van der Waals surface area contributed by atoms with Crippen LogP contribution in [-0.4, -0.2) is 18.3 Å². The SMILES string of the molecule is Cc1ccc(COc2ccc(CNCCCO)cc2)cc1. The summed E-state index contributed by atoms with van der Waals surface area (Å²) in [5.74, 6) is 0.884. The number of aliphatic hydroxyl groups is 1. The number of aliphatic hydroxyl groups excluding tert-OH is 1. The standard InChI is InChI=1S/C18H23NO2/c1-15-3-5-17(6-4-15)14-21-18-9-7-16(8-10-18)13-19-11-2-12-20/h3-10,19-20H,2,11-14H2,1H3. The predicted octanol–water partition coefficient (Wildman–Crippen LogP) is 3.05. The molecular formula is C18H23NO2. The lowest BCUT2D eigenvalue weighted by molar-refractivity contribution is 0.286. The largest absolute Gasteiger partial charge is 0.489 e. The second-order valence-electron chi connectivity index (χ2n) is 5.17. The Morgan fingerprint density at radius 1 is 0.952 bits per heavy atom. The summed E-state index contributed by atoms with van der Waals surface area (Å²) in [6, 6.07) is 16.5. The molecule has 3 heteroatoms. The van der Waals surface area contributed by atoms with Gasteiger partial charge in [-0.1, -0.05) is 42.0 Å². The van der Waals surface area contributed by atoms with Crippen molar-refractivity contribution in [1.29, 1.82) is 0 Å². The minimum Gasteiger partial charge on any atom is -0.489 e. The van der Waals surface area contributed by atoms with Crippen molar-refractivity contribution in [3.05, 3.63) is 65.2 Å². The van der Waals surface area contributed by atoms with Gasteiger partial charge in [-0.3, -0.25) is 0 Å². The van der Waals surface area contributed by atoms with Gasteiger partial charge in [-0.2, -0.15) is 0 Å². The maximum Gasteiger partial charge on any atom is 0.119 e. The van der Waals surface area contributed by atoms with Crippen LogP contribution in [0.1, 0.15) is 23.1 Å². The zero-order valence-corrected chi connectivity index (χ0v) is 12.5. The molecule has 0 unspecified atom stereocenters. The van der Waals surface area contributed by atoms with Crippen molar-refractivity contribution in [3.8, 4) is 5.75 Å². The fourth-order valence-corrected chi connectivity index (χ4v) is 1.99. The van der Waals surface area contributed by atoms with Crippen LogP contribution in [0.5, 0.6) is 5.75 Å². The lowest BCUT2D eigenvalue weighted by Crippen LogP contribution is -2.15. The normalized spacial score (nSPS) is 10.6. The topological polar surface area (TPSA) is 41.5 Å². The van der Waals surface area contributed by atoms with Crippen molar-refractivity contribution in [2.75, 3.05) is 13.2 Å². The van der Waals surface area contributed by atoms with Gasteiger partial charge in [-0.25, -0.2) is 0 Å². The van der Waals surface area contributed by atoms with Crippen LogP contribution in [0.25, 0.3) is 0 Å². The van der Waals surface area contributed by atoms with Crippen LogP contribution in [0.15, 0.2) is 48.5 Å². The zero-order chi connectivity index (χ0) is 14.9. The van der Waals surface area contributed by atoms with E-state index >= 15 is 0 Å². The molecule has 0 fully saturated rings. The molecule has 0 heterocycles. The summed E-state index contributed by atoms with van der Waals surface area (Å²) in [6.45, 7) is 4.56. The van der Waals surface area contributed by atoms with Crippen molar-refractivity contribution in [3.63, 3.8) is 0 Å². The molecule has 0 bridgehead atoms. The van der Waals surface area contributed by atoms with E-state index < -0.39 is 0 Å². The third-order valence-corrected chi connectivity index (χ3v) is 3.29. The summed E-state index contributed by atoms with van der Waals surface area (Å²) in [7, 11) is 0. The molecule has 0 aliphatic rings. The van der Waals surface area contributed by atoms with E-state index in [1.165, 1.54) is 16.7 Å². The second-order valence-corrected chi connectivity index (χ2v) is 5.17. The van der Waals surface area contributed by atoms with Gasteiger partial charge in [0.2, 0.25) is 0 Å². The summed E-state index contributed by atoms with van der Waals surface area (Å²) in [6.07, 6.45) is 0.789. The number of rotatable bonds is 8. The fraction of sp³-hybridized carbons (Fsp3) is 0.333. The molecule has 0 saturated heterocycles. The number of hydrogen-bond acceptors (Lipinski definition) is 3. The Bertz CT molecular complexity index is 520. The number of ether oxygens (including phenoxy) is 1. The zero-order valence-electron chi connectivity index (χ0n) is 12.5. The molecule has 2 N–H and O–H groups in total. The van der Waals surface area contributed by atoms with Gasteiger partial charge in [0.15, 0.2) is 0 Å². The maximum absolute atomic E-state index is 8.71. The number of hydrogen-bond donors (Lipinski definition) is 2. The van der Waals surface area contributed by atoms with E-state index in [9.17, 15) is 0 Å². The van der Waals surface area contributed by atoms with Crippen molar-refractivity contribution in [2.24, 2.45) is 0 Å². The molecule has 0 atom stereocenters. The van der Waals surface area contributed by atoms with Gasteiger partial charge in [0.05, 0.1) is 0 Å². The third kappa shape index (κ3) is 5.58. The number of benzene rings is 2. The molecule has 0 aliphatic carbocycles. The highest BCUT2D eigenvalue weighted by atomic mass is 16.5. The minimum absolute atomic E-state index is 0.235. The van der Waals surface area contributed by atoms with Crippen molar-refractivity contribution < 1.29 is 9.84 Å². The Balaban J connectivity index is 1.78. The van der Waals surface area contributed by atoms with Gasteiger partial charge >= 0.3 is 0 Å². The molecule has 0 saturated carbocycles. The Morgan fingerprint density at radius 3 is 2.29 bits per heavy atom. The second kappa shape index (κ2) is 8.45. The molecule has 112 valence electrons. The van der Waals surface area contributed by atoms with Crippen molar-refractivity contribution in [1.82, 2.24) is 5.32 Å². The number of aryl methyl sites for hydroxylation is 1. The molecule has 2 aromatic carbocycles. The Hall–Kier alpha value is -1.84.